The lowest BCUT2D eigenvalue weighted by molar-refractivity contribution is -0.871. The molecule has 0 aliphatic carbocycles. The third-order valence-electron chi connectivity index (χ3n) is 9.37. The van der Waals surface area contributed by atoms with Gasteiger partial charge in [0.2, 0.25) is 5.69 Å². The Hall–Kier alpha value is -3.55. The largest absolute Gasteiger partial charge is 0.478 e. The molecule has 0 unspecified atom stereocenters. The molecule has 242 valence electrons. The van der Waals surface area contributed by atoms with E-state index in [1.165, 1.54) is 22.7 Å². The van der Waals surface area contributed by atoms with Gasteiger partial charge in [-0.15, -0.1) is 0 Å². The van der Waals surface area contributed by atoms with E-state index in [0.717, 1.165) is 64.8 Å². The molecule has 2 aromatic carbocycles. The van der Waals surface area contributed by atoms with Crippen molar-refractivity contribution in [2.24, 2.45) is 0 Å². The summed E-state index contributed by atoms with van der Waals surface area (Å²) in [6, 6.07) is 11.7. The highest BCUT2D eigenvalue weighted by molar-refractivity contribution is 6.04. The van der Waals surface area contributed by atoms with Crippen LogP contribution in [-0.2, 0) is 10.8 Å². The van der Waals surface area contributed by atoms with Crippen LogP contribution in [0.5, 0.6) is 0 Å². The van der Waals surface area contributed by atoms with E-state index >= 15 is 0 Å². The summed E-state index contributed by atoms with van der Waals surface area (Å²) in [5.74, 6) is -0.821. The summed E-state index contributed by atoms with van der Waals surface area (Å²) in [5, 5.41) is 9.75. The van der Waals surface area contributed by atoms with E-state index in [1.54, 1.807) is 13.0 Å². The fraction of sp³-hybridized carbons (Fsp3) is 0.500. The topological polar surface area (TPSA) is 60.6 Å². The third-order valence-corrected chi connectivity index (χ3v) is 9.37. The van der Waals surface area contributed by atoms with Gasteiger partial charge in [0.25, 0.3) is 0 Å². The zero-order chi connectivity index (χ0) is 33.5. The molecule has 0 amide bonds. The van der Waals surface area contributed by atoms with Gasteiger partial charge in [-0.2, -0.15) is 4.58 Å². The number of aromatic carboxylic acids is 1. The number of carbonyl (C=O) groups excluding carboxylic acids is 1. The smallest absolute Gasteiger partial charge is 0.335 e. The Morgan fingerprint density at radius 2 is 1.44 bits per heavy atom. The lowest BCUT2D eigenvalue weighted by atomic mass is 9.80. The second kappa shape index (κ2) is 12.3. The number of allylic oxidation sites excluding steroid dienone is 4. The van der Waals surface area contributed by atoms with Crippen LogP contribution < -0.4 is 4.90 Å². The Morgan fingerprint density at radius 1 is 0.844 bits per heavy atom. The van der Waals surface area contributed by atoms with E-state index in [-0.39, 0.29) is 16.6 Å². The first-order valence-electron chi connectivity index (χ1n) is 16.2. The van der Waals surface area contributed by atoms with E-state index in [9.17, 15) is 14.7 Å². The number of anilines is 1. The second-order valence-corrected chi connectivity index (χ2v) is 15.9. The number of hydrogen-bond donors (Lipinski definition) is 1. The van der Waals surface area contributed by atoms with Crippen LogP contribution in [0, 0.1) is 0 Å². The maximum Gasteiger partial charge on any atom is 0.335 e. The predicted octanol–water partition coefficient (Wildman–Crippen LogP) is 6.39. The van der Waals surface area contributed by atoms with Gasteiger partial charge in [-0.25, -0.2) is 4.79 Å². The number of rotatable bonds is 12. The molecular formula is C38H55N4O3+3. The van der Waals surface area contributed by atoms with E-state index in [0.29, 0.717) is 5.56 Å². The lowest BCUT2D eigenvalue weighted by Gasteiger charge is -2.29. The Morgan fingerprint density at radius 3 is 2.04 bits per heavy atom. The average Bonchev–Trinajstić information content (AvgIpc) is 3.25. The highest BCUT2D eigenvalue weighted by atomic mass is 16.4. The zero-order valence-corrected chi connectivity index (χ0v) is 29.5. The maximum absolute atomic E-state index is 12.3. The van der Waals surface area contributed by atoms with Gasteiger partial charge in [-0.1, -0.05) is 19.9 Å². The summed E-state index contributed by atoms with van der Waals surface area (Å²) >= 11 is 0. The minimum atomic E-state index is -0.903. The Kier molecular flexibility index (Phi) is 9.41. The summed E-state index contributed by atoms with van der Waals surface area (Å²) in [4.78, 5) is 26.6. The molecule has 0 bridgehead atoms. The number of fused-ring (bicyclic) bond motifs is 2. The SMILES string of the molecule is CC(=O)c1ccc2c(c1)C(C)(C)/C(=C\C=C\C1=[N+](CCC[N+](C)(C)C)c3ccc(C(=O)O)cc3C1(C)C)N2CCC[N+](C)(C)C. The molecule has 45 heavy (non-hydrogen) atoms. The maximum atomic E-state index is 12.3. The highest BCUT2D eigenvalue weighted by Gasteiger charge is 2.45. The van der Waals surface area contributed by atoms with Crippen LogP contribution in [0.25, 0.3) is 0 Å². The molecule has 2 aromatic rings. The van der Waals surface area contributed by atoms with E-state index in [4.69, 9.17) is 0 Å². The van der Waals surface area contributed by atoms with Crippen molar-refractivity contribution >= 4 is 28.8 Å². The van der Waals surface area contributed by atoms with Crippen molar-refractivity contribution in [2.75, 3.05) is 73.4 Å². The van der Waals surface area contributed by atoms with E-state index in [1.807, 2.05) is 18.2 Å². The number of quaternary nitrogens is 2. The van der Waals surface area contributed by atoms with Crippen LogP contribution >= 0.6 is 0 Å². The van der Waals surface area contributed by atoms with Crippen LogP contribution in [0.2, 0.25) is 0 Å². The van der Waals surface area contributed by atoms with Crippen LogP contribution in [-0.4, -0.2) is 105 Å². The van der Waals surface area contributed by atoms with Crippen molar-refractivity contribution in [3.8, 4) is 0 Å². The van der Waals surface area contributed by atoms with E-state index < -0.39 is 5.97 Å². The van der Waals surface area contributed by atoms with Crippen molar-refractivity contribution in [1.82, 2.24) is 0 Å². The molecule has 2 aliphatic rings. The Labute approximate surface area is 271 Å². The summed E-state index contributed by atoms with van der Waals surface area (Å²) in [5.41, 5.74) is 7.31. The first kappa shape index (κ1) is 34.3. The highest BCUT2D eigenvalue weighted by Crippen LogP contribution is 2.48. The van der Waals surface area contributed by atoms with E-state index in [2.05, 4.69) is 110 Å². The van der Waals surface area contributed by atoms with Gasteiger partial charge in [0.15, 0.2) is 18.0 Å². The predicted molar refractivity (Wildman–Crippen MR) is 185 cm³/mol. The average molecular weight is 616 g/mol. The van der Waals surface area contributed by atoms with Crippen molar-refractivity contribution in [2.45, 2.75) is 58.3 Å². The van der Waals surface area contributed by atoms with Gasteiger partial charge >= 0.3 is 5.97 Å². The monoisotopic (exact) mass is 615 g/mol. The van der Waals surface area contributed by atoms with Crippen LogP contribution in [0.3, 0.4) is 0 Å². The van der Waals surface area contributed by atoms with Crippen LogP contribution in [0.4, 0.5) is 11.4 Å². The number of hydrogen-bond acceptors (Lipinski definition) is 3. The number of nitrogens with zero attached hydrogens (tertiary/aromatic N) is 4. The number of carbonyl (C=O) groups is 2. The molecule has 0 atom stereocenters. The van der Waals surface area contributed by atoms with Gasteiger partial charge < -0.3 is 19.0 Å². The summed E-state index contributed by atoms with van der Waals surface area (Å²) < 4.78 is 4.19. The molecule has 0 radical (unpaired) electrons. The van der Waals surface area contributed by atoms with Crippen molar-refractivity contribution < 1.29 is 28.2 Å². The fourth-order valence-electron chi connectivity index (χ4n) is 6.82. The minimum Gasteiger partial charge on any atom is -0.478 e. The molecular weight excluding hydrogens is 560 g/mol. The number of carboxylic acids is 1. The first-order chi connectivity index (χ1) is 20.7. The number of carboxylic acid groups (broad SMARTS) is 1. The number of ketones is 1. The van der Waals surface area contributed by atoms with Gasteiger partial charge in [0.05, 0.1) is 72.8 Å². The normalized spacial score (nSPS) is 18.2. The molecule has 2 aliphatic heterocycles. The lowest BCUT2D eigenvalue weighted by Crippen LogP contribution is -2.37. The molecule has 0 spiro atoms. The zero-order valence-electron chi connectivity index (χ0n) is 29.5. The summed E-state index contributed by atoms with van der Waals surface area (Å²) in [6.07, 6.45) is 8.71. The van der Waals surface area contributed by atoms with Gasteiger partial charge in [-0.05, 0) is 62.7 Å². The third kappa shape index (κ3) is 7.31. The van der Waals surface area contributed by atoms with Crippen molar-refractivity contribution in [3.05, 3.63) is 82.6 Å². The van der Waals surface area contributed by atoms with Crippen LogP contribution in [0.1, 0.15) is 79.3 Å². The fourth-order valence-corrected chi connectivity index (χ4v) is 6.82. The van der Waals surface area contributed by atoms with Gasteiger partial charge in [0.1, 0.15) is 0 Å². The molecule has 0 saturated carbocycles. The molecule has 1 N–H and O–H groups in total. The first-order valence-corrected chi connectivity index (χ1v) is 16.2. The van der Waals surface area contributed by atoms with Gasteiger partial charge in [0, 0.05) is 53.0 Å². The Bertz CT molecular complexity index is 1580. The standard InChI is InChI=1S/C38H54N4O3/c1-27(43)28-17-19-32-30(25-28)37(2,3)34(39(32)21-13-23-41(6,7)8)15-12-16-35-38(4,5)31-26-29(36(44)45)18-20-33(31)40(35)22-14-24-42(9,10)11/h12,15-20,25-26H,13-14,21-24H2,1-11H3/q+2/p+1. The molecule has 7 heteroatoms. The minimum absolute atomic E-state index is 0.0818. The molecule has 0 aromatic heterocycles. The second-order valence-electron chi connectivity index (χ2n) is 15.9. The summed E-state index contributed by atoms with van der Waals surface area (Å²) in [7, 11) is 13.3. The molecule has 7 nitrogen and oxygen atoms in total. The van der Waals surface area contributed by atoms with Crippen LogP contribution in [0.15, 0.2) is 60.3 Å². The molecule has 0 saturated heterocycles. The van der Waals surface area contributed by atoms with Crippen molar-refractivity contribution in [1.29, 1.82) is 0 Å². The number of Topliss-reactive ketones (excluding diaryl/α,β-unsaturated/α-hetero) is 1. The molecule has 0 fully saturated rings. The molecule has 4 rings (SSSR count). The van der Waals surface area contributed by atoms with Gasteiger partial charge in [-0.3, -0.25) is 4.79 Å². The molecule has 2 heterocycles. The Balaban J connectivity index is 1.77. The summed E-state index contributed by atoms with van der Waals surface area (Å²) in [6.45, 7) is 14.4. The number of benzene rings is 2. The van der Waals surface area contributed by atoms with Crippen molar-refractivity contribution in [3.63, 3.8) is 0 Å². The quantitative estimate of drug-likeness (QED) is 0.171.